The summed E-state index contributed by atoms with van der Waals surface area (Å²) < 4.78 is 0. The van der Waals surface area contributed by atoms with Gasteiger partial charge in [-0.1, -0.05) is 18.2 Å². The first-order valence-electron chi connectivity index (χ1n) is 7.48. The van der Waals surface area contributed by atoms with Crippen molar-refractivity contribution in [3.05, 3.63) is 65.5 Å². The number of nitriles is 1. The van der Waals surface area contributed by atoms with Crippen LogP contribution in [0.25, 0.3) is 11.0 Å². The van der Waals surface area contributed by atoms with Crippen molar-refractivity contribution >= 4 is 16.9 Å². The molecular weight excluding hydrogens is 288 g/mol. The number of aromatic nitrogens is 2. The zero-order valence-electron chi connectivity index (χ0n) is 12.5. The van der Waals surface area contributed by atoms with Crippen LogP contribution in [0.3, 0.4) is 0 Å². The smallest absolute Gasteiger partial charge is 0.251 e. The lowest BCUT2D eigenvalue weighted by atomic mass is 10.1. The van der Waals surface area contributed by atoms with Gasteiger partial charge in [0.15, 0.2) is 0 Å². The highest BCUT2D eigenvalue weighted by Gasteiger charge is 2.06. The molecule has 0 aliphatic heterocycles. The monoisotopic (exact) mass is 304 g/mol. The van der Waals surface area contributed by atoms with Crippen molar-refractivity contribution in [3.63, 3.8) is 0 Å². The molecule has 1 heterocycles. The van der Waals surface area contributed by atoms with Gasteiger partial charge in [0.2, 0.25) is 0 Å². The van der Waals surface area contributed by atoms with E-state index in [0.717, 1.165) is 29.7 Å². The lowest BCUT2D eigenvalue weighted by Crippen LogP contribution is -2.24. The number of imidazole rings is 1. The van der Waals surface area contributed by atoms with Crippen molar-refractivity contribution in [2.75, 3.05) is 6.54 Å². The van der Waals surface area contributed by atoms with Gasteiger partial charge in [-0.05, 0) is 36.8 Å². The van der Waals surface area contributed by atoms with E-state index < -0.39 is 0 Å². The van der Waals surface area contributed by atoms with E-state index in [2.05, 4.69) is 15.3 Å². The van der Waals surface area contributed by atoms with Crippen LogP contribution in [0.1, 0.15) is 28.2 Å². The second-order valence-electron chi connectivity index (χ2n) is 5.25. The molecule has 2 aromatic carbocycles. The van der Waals surface area contributed by atoms with E-state index in [1.807, 2.05) is 30.3 Å². The Kier molecular flexibility index (Phi) is 4.34. The SMILES string of the molecule is N#Cc1cccc(C(=O)NCCCc2nc3ccccc3[nH]2)c1. The van der Waals surface area contributed by atoms with E-state index in [0.29, 0.717) is 17.7 Å². The minimum atomic E-state index is -0.160. The van der Waals surface area contributed by atoms with Gasteiger partial charge < -0.3 is 10.3 Å². The summed E-state index contributed by atoms with van der Waals surface area (Å²) in [6.45, 7) is 0.562. The number of benzene rings is 2. The van der Waals surface area contributed by atoms with Gasteiger partial charge >= 0.3 is 0 Å². The molecule has 0 aliphatic rings. The van der Waals surface area contributed by atoms with Crippen LogP contribution in [-0.2, 0) is 6.42 Å². The molecule has 1 aromatic heterocycles. The van der Waals surface area contributed by atoms with E-state index >= 15 is 0 Å². The highest BCUT2D eigenvalue weighted by Crippen LogP contribution is 2.11. The fourth-order valence-corrected chi connectivity index (χ4v) is 2.41. The zero-order chi connectivity index (χ0) is 16.1. The molecule has 23 heavy (non-hydrogen) atoms. The average Bonchev–Trinajstić information content (AvgIpc) is 3.01. The van der Waals surface area contributed by atoms with Gasteiger partial charge in [0.25, 0.3) is 5.91 Å². The Balaban J connectivity index is 1.51. The highest BCUT2D eigenvalue weighted by atomic mass is 16.1. The highest BCUT2D eigenvalue weighted by molar-refractivity contribution is 5.94. The Morgan fingerprint density at radius 3 is 2.91 bits per heavy atom. The summed E-state index contributed by atoms with van der Waals surface area (Å²) in [7, 11) is 0. The van der Waals surface area contributed by atoms with E-state index in [-0.39, 0.29) is 5.91 Å². The lowest BCUT2D eigenvalue weighted by Gasteiger charge is -2.04. The molecule has 5 heteroatoms. The van der Waals surface area contributed by atoms with Gasteiger partial charge in [-0.25, -0.2) is 4.98 Å². The van der Waals surface area contributed by atoms with Crippen molar-refractivity contribution in [1.82, 2.24) is 15.3 Å². The summed E-state index contributed by atoms with van der Waals surface area (Å²) in [5, 5.41) is 11.7. The fraction of sp³-hybridized carbons (Fsp3) is 0.167. The summed E-state index contributed by atoms with van der Waals surface area (Å²) in [4.78, 5) is 19.8. The molecule has 0 fully saturated rings. The van der Waals surface area contributed by atoms with Crippen molar-refractivity contribution in [1.29, 1.82) is 5.26 Å². The number of rotatable bonds is 5. The maximum absolute atomic E-state index is 12.0. The van der Waals surface area contributed by atoms with E-state index in [4.69, 9.17) is 5.26 Å². The minimum absolute atomic E-state index is 0.160. The zero-order valence-corrected chi connectivity index (χ0v) is 12.5. The van der Waals surface area contributed by atoms with Crippen LogP contribution < -0.4 is 5.32 Å². The van der Waals surface area contributed by atoms with Crippen molar-refractivity contribution in [3.8, 4) is 6.07 Å². The molecule has 1 amide bonds. The summed E-state index contributed by atoms with van der Waals surface area (Å²) in [5.74, 6) is 0.763. The molecule has 114 valence electrons. The predicted molar refractivity (Wildman–Crippen MR) is 87.9 cm³/mol. The standard InChI is InChI=1S/C18H16N4O/c19-12-13-5-3-6-14(11-13)18(23)20-10-4-9-17-21-15-7-1-2-8-16(15)22-17/h1-3,5-8,11H,4,9-10H2,(H,20,23)(H,21,22). The van der Waals surface area contributed by atoms with E-state index in [1.54, 1.807) is 24.3 Å². The minimum Gasteiger partial charge on any atom is -0.352 e. The van der Waals surface area contributed by atoms with E-state index in [1.165, 1.54) is 0 Å². The molecule has 0 spiro atoms. The Morgan fingerprint density at radius 2 is 2.09 bits per heavy atom. The molecule has 3 rings (SSSR count). The summed E-state index contributed by atoms with van der Waals surface area (Å²) in [6.07, 6.45) is 1.57. The molecule has 2 N–H and O–H groups in total. The Morgan fingerprint density at radius 1 is 1.22 bits per heavy atom. The number of nitrogens with zero attached hydrogens (tertiary/aromatic N) is 2. The molecule has 0 aliphatic carbocycles. The lowest BCUT2D eigenvalue weighted by molar-refractivity contribution is 0.0953. The first-order valence-corrected chi connectivity index (χ1v) is 7.48. The van der Waals surface area contributed by atoms with Crippen LogP contribution >= 0.6 is 0 Å². The second-order valence-corrected chi connectivity index (χ2v) is 5.25. The molecule has 3 aromatic rings. The molecule has 0 saturated heterocycles. The number of H-pyrrole nitrogens is 1. The normalized spacial score (nSPS) is 10.4. The van der Waals surface area contributed by atoms with Crippen molar-refractivity contribution in [2.24, 2.45) is 0 Å². The third-order valence-corrected chi connectivity index (χ3v) is 3.57. The summed E-state index contributed by atoms with van der Waals surface area (Å²) >= 11 is 0. The molecule has 0 saturated carbocycles. The number of para-hydroxylation sites is 2. The third-order valence-electron chi connectivity index (χ3n) is 3.57. The predicted octanol–water partition coefficient (Wildman–Crippen LogP) is 2.80. The van der Waals surface area contributed by atoms with Crippen LogP contribution in [-0.4, -0.2) is 22.4 Å². The molecule has 0 unspecified atom stereocenters. The molecule has 0 atom stereocenters. The van der Waals surface area contributed by atoms with Crippen LogP contribution in [0.4, 0.5) is 0 Å². The quantitative estimate of drug-likeness (QED) is 0.711. The summed E-state index contributed by atoms with van der Waals surface area (Å²) in [5.41, 5.74) is 2.98. The van der Waals surface area contributed by atoms with E-state index in [9.17, 15) is 4.79 Å². The Bertz CT molecular complexity index is 843. The number of aromatic amines is 1. The van der Waals surface area contributed by atoms with Crippen LogP contribution in [0.5, 0.6) is 0 Å². The molecule has 0 bridgehead atoms. The number of carbonyl (C=O) groups excluding carboxylic acids is 1. The number of nitrogens with one attached hydrogen (secondary N) is 2. The maximum atomic E-state index is 12.0. The van der Waals surface area contributed by atoms with Gasteiger partial charge in [-0.15, -0.1) is 0 Å². The summed E-state index contributed by atoms with van der Waals surface area (Å²) in [6, 6.07) is 16.6. The van der Waals surface area contributed by atoms with Crippen LogP contribution in [0, 0.1) is 11.3 Å². The number of carbonyl (C=O) groups is 1. The van der Waals surface area contributed by atoms with Crippen LogP contribution in [0.15, 0.2) is 48.5 Å². The second kappa shape index (κ2) is 6.75. The Hall–Kier alpha value is -3.13. The molecule has 5 nitrogen and oxygen atoms in total. The maximum Gasteiger partial charge on any atom is 0.251 e. The fourth-order valence-electron chi connectivity index (χ4n) is 2.41. The number of aryl methyl sites for hydroxylation is 1. The van der Waals surface area contributed by atoms with Gasteiger partial charge in [0, 0.05) is 18.5 Å². The van der Waals surface area contributed by atoms with Crippen molar-refractivity contribution < 1.29 is 4.79 Å². The number of hydrogen-bond donors (Lipinski definition) is 2. The van der Waals surface area contributed by atoms with Crippen LogP contribution in [0.2, 0.25) is 0 Å². The van der Waals surface area contributed by atoms with Gasteiger partial charge in [-0.2, -0.15) is 5.26 Å². The largest absolute Gasteiger partial charge is 0.352 e. The first kappa shape index (κ1) is 14.8. The first-order chi connectivity index (χ1) is 11.3. The van der Waals surface area contributed by atoms with Gasteiger partial charge in [-0.3, -0.25) is 4.79 Å². The molecule has 0 radical (unpaired) electrons. The van der Waals surface area contributed by atoms with Gasteiger partial charge in [0.1, 0.15) is 5.82 Å². The van der Waals surface area contributed by atoms with Crippen molar-refractivity contribution in [2.45, 2.75) is 12.8 Å². The number of fused-ring (bicyclic) bond motifs is 1. The van der Waals surface area contributed by atoms with Gasteiger partial charge in [0.05, 0.1) is 22.7 Å². The Labute approximate surface area is 134 Å². The third kappa shape index (κ3) is 3.55. The number of hydrogen-bond acceptors (Lipinski definition) is 3. The number of amides is 1. The average molecular weight is 304 g/mol. The topological polar surface area (TPSA) is 81.6 Å². The molecular formula is C18H16N4O.